The number of halogens is 2. The number of carbonyl (C=O) groups excluding carboxylic acids is 2. The Labute approximate surface area is 167 Å². The number of carbonyl (C=O) groups is 2. The fourth-order valence-corrected chi connectivity index (χ4v) is 3.92. The molecule has 0 spiro atoms. The van der Waals surface area contributed by atoms with Gasteiger partial charge >= 0.3 is 0 Å². The first-order chi connectivity index (χ1) is 13.0. The zero-order valence-corrected chi connectivity index (χ0v) is 16.3. The number of thioether (sulfide) groups is 1. The van der Waals surface area contributed by atoms with E-state index in [4.69, 9.17) is 11.6 Å². The van der Waals surface area contributed by atoms with Crippen molar-refractivity contribution in [3.63, 3.8) is 0 Å². The zero-order valence-electron chi connectivity index (χ0n) is 14.7. The molecular formula is C20H20ClFN2O2S. The summed E-state index contributed by atoms with van der Waals surface area (Å²) in [6.07, 6.45) is 2.27. The lowest BCUT2D eigenvalue weighted by Gasteiger charge is -2.18. The summed E-state index contributed by atoms with van der Waals surface area (Å²) in [5.74, 6) is -0.0103. The van der Waals surface area contributed by atoms with Gasteiger partial charge in [-0.2, -0.15) is 0 Å². The third-order valence-electron chi connectivity index (χ3n) is 4.29. The molecule has 27 heavy (non-hydrogen) atoms. The molecule has 0 atom stereocenters. The van der Waals surface area contributed by atoms with Crippen LogP contribution in [-0.4, -0.2) is 35.6 Å². The molecule has 1 heterocycles. The molecule has 0 radical (unpaired) electrons. The van der Waals surface area contributed by atoms with Gasteiger partial charge in [-0.1, -0.05) is 11.6 Å². The molecule has 142 valence electrons. The normalized spacial score (nSPS) is 13.6. The molecular weight excluding hydrogens is 387 g/mol. The lowest BCUT2D eigenvalue weighted by atomic mass is 10.1. The molecule has 1 fully saturated rings. The van der Waals surface area contributed by atoms with Gasteiger partial charge in [0.25, 0.3) is 5.91 Å². The number of amides is 2. The maximum Gasteiger partial charge on any atom is 0.256 e. The molecule has 2 amide bonds. The van der Waals surface area contributed by atoms with Gasteiger partial charge in [-0.15, -0.1) is 11.8 Å². The lowest BCUT2D eigenvalue weighted by Crippen LogP contribution is -2.29. The summed E-state index contributed by atoms with van der Waals surface area (Å²) in [6, 6.07) is 11.1. The molecule has 0 saturated carbocycles. The van der Waals surface area contributed by atoms with Gasteiger partial charge in [0, 0.05) is 35.2 Å². The van der Waals surface area contributed by atoms with Crippen molar-refractivity contribution in [3.8, 4) is 0 Å². The van der Waals surface area contributed by atoms with Crippen LogP contribution in [0.5, 0.6) is 0 Å². The van der Waals surface area contributed by atoms with Crippen LogP contribution in [0.3, 0.4) is 0 Å². The third kappa shape index (κ3) is 5.47. The topological polar surface area (TPSA) is 49.4 Å². The minimum absolute atomic E-state index is 0.106. The van der Waals surface area contributed by atoms with E-state index in [9.17, 15) is 14.0 Å². The van der Waals surface area contributed by atoms with Crippen LogP contribution in [-0.2, 0) is 4.79 Å². The predicted molar refractivity (Wildman–Crippen MR) is 107 cm³/mol. The van der Waals surface area contributed by atoms with Crippen molar-refractivity contribution in [1.82, 2.24) is 4.90 Å². The Morgan fingerprint density at radius 3 is 2.52 bits per heavy atom. The van der Waals surface area contributed by atoms with E-state index >= 15 is 0 Å². The zero-order chi connectivity index (χ0) is 19.2. The summed E-state index contributed by atoms with van der Waals surface area (Å²) in [7, 11) is 0. The van der Waals surface area contributed by atoms with Crippen LogP contribution >= 0.6 is 23.4 Å². The van der Waals surface area contributed by atoms with Crippen LogP contribution in [0.4, 0.5) is 10.1 Å². The van der Waals surface area contributed by atoms with E-state index in [0.717, 1.165) is 30.8 Å². The average molecular weight is 407 g/mol. The fraction of sp³-hybridized carbons (Fsp3) is 0.300. The van der Waals surface area contributed by atoms with Gasteiger partial charge < -0.3 is 10.2 Å². The average Bonchev–Trinajstić information content (AvgIpc) is 3.19. The summed E-state index contributed by atoms with van der Waals surface area (Å²) < 4.78 is 12.9. The Balaban J connectivity index is 1.59. The SMILES string of the molecule is O=C(CCSc1ccc(F)cc1)Nc1ccc(Cl)cc1C(=O)N1CCCC1. The van der Waals surface area contributed by atoms with Gasteiger partial charge in [-0.05, 0) is 55.3 Å². The van der Waals surface area contributed by atoms with Crippen LogP contribution in [0.15, 0.2) is 47.4 Å². The van der Waals surface area contributed by atoms with E-state index < -0.39 is 0 Å². The number of anilines is 1. The second kappa shape index (κ2) is 9.24. The number of hydrogen-bond acceptors (Lipinski definition) is 3. The Morgan fingerprint density at radius 1 is 1.11 bits per heavy atom. The van der Waals surface area contributed by atoms with Crippen molar-refractivity contribution in [2.45, 2.75) is 24.2 Å². The van der Waals surface area contributed by atoms with Crippen molar-refractivity contribution in [1.29, 1.82) is 0 Å². The molecule has 7 heteroatoms. The van der Waals surface area contributed by atoms with Gasteiger partial charge in [-0.25, -0.2) is 4.39 Å². The molecule has 1 aliphatic rings. The number of nitrogens with zero attached hydrogens (tertiary/aromatic N) is 1. The molecule has 1 saturated heterocycles. The van der Waals surface area contributed by atoms with E-state index in [2.05, 4.69) is 5.32 Å². The first-order valence-electron chi connectivity index (χ1n) is 8.80. The third-order valence-corrected chi connectivity index (χ3v) is 5.54. The van der Waals surface area contributed by atoms with Gasteiger partial charge in [-0.3, -0.25) is 9.59 Å². The maximum absolute atomic E-state index is 12.9. The van der Waals surface area contributed by atoms with Gasteiger partial charge in [0.1, 0.15) is 5.82 Å². The van der Waals surface area contributed by atoms with Crippen LogP contribution < -0.4 is 5.32 Å². The van der Waals surface area contributed by atoms with Gasteiger partial charge in [0.05, 0.1) is 11.3 Å². The van der Waals surface area contributed by atoms with Crippen LogP contribution in [0.2, 0.25) is 5.02 Å². The minimum atomic E-state index is -0.282. The number of nitrogens with one attached hydrogen (secondary N) is 1. The molecule has 0 bridgehead atoms. The standard InChI is InChI=1S/C20H20ClFN2O2S/c21-14-3-8-18(17(13-14)20(26)24-10-1-2-11-24)23-19(25)9-12-27-16-6-4-15(22)5-7-16/h3-8,13H,1-2,9-12H2,(H,23,25). The van der Waals surface area contributed by atoms with Crippen molar-refractivity contribution < 1.29 is 14.0 Å². The van der Waals surface area contributed by atoms with Gasteiger partial charge in [0.2, 0.25) is 5.91 Å². The van der Waals surface area contributed by atoms with Crippen molar-refractivity contribution in [3.05, 3.63) is 58.9 Å². The molecule has 0 aromatic heterocycles. The fourth-order valence-electron chi connectivity index (χ4n) is 2.90. The van der Waals surface area contributed by atoms with E-state index in [-0.39, 0.29) is 24.1 Å². The van der Waals surface area contributed by atoms with E-state index in [1.165, 1.54) is 23.9 Å². The highest BCUT2D eigenvalue weighted by atomic mass is 35.5. The molecule has 2 aromatic rings. The van der Waals surface area contributed by atoms with Crippen LogP contribution in [0, 0.1) is 5.82 Å². The molecule has 0 unspecified atom stereocenters. The number of likely N-dealkylation sites (tertiary alicyclic amines) is 1. The highest BCUT2D eigenvalue weighted by Crippen LogP contribution is 2.25. The maximum atomic E-state index is 12.9. The largest absolute Gasteiger partial charge is 0.339 e. The summed E-state index contributed by atoms with van der Waals surface area (Å²) in [5.41, 5.74) is 0.900. The van der Waals surface area contributed by atoms with Gasteiger partial charge in [0.15, 0.2) is 0 Å². The molecule has 1 aliphatic heterocycles. The number of benzene rings is 2. The Kier molecular flexibility index (Phi) is 6.74. The highest BCUT2D eigenvalue weighted by Gasteiger charge is 2.22. The first kappa shape index (κ1) is 19.7. The number of hydrogen-bond donors (Lipinski definition) is 1. The van der Waals surface area contributed by atoms with Crippen molar-refractivity contribution in [2.24, 2.45) is 0 Å². The second-order valence-electron chi connectivity index (χ2n) is 6.29. The van der Waals surface area contributed by atoms with Crippen molar-refractivity contribution >= 4 is 40.9 Å². The number of rotatable bonds is 6. The van der Waals surface area contributed by atoms with E-state index in [1.807, 2.05) is 0 Å². The van der Waals surface area contributed by atoms with Crippen LogP contribution in [0.25, 0.3) is 0 Å². The Bertz CT molecular complexity index is 823. The monoisotopic (exact) mass is 406 g/mol. The summed E-state index contributed by atoms with van der Waals surface area (Å²) in [5, 5.41) is 3.28. The predicted octanol–water partition coefficient (Wildman–Crippen LogP) is 4.84. The lowest BCUT2D eigenvalue weighted by molar-refractivity contribution is -0.115. The van der Waals surface area contributed by atoms with E-state index in [0.29, 0.717) is 22.0 Å². The summed E-state index contributed by atoms with van der Waals surface area (Å²) in [4.78, 5) is 27.7. The summed E-state index contributed by atoms with van der Waals surface area (Å²) in [6.45, 7) is 1.46. The van der Waals surface area contributed by atoms with E-state index in [1.54, 1.807) is 35.2 Å². The minimum Gasteiger partial charge on any atom is -0.339 e. The van der Waals surface area contributed by atoms with Crippen molar-refractivity contribution in [2.75, 3.05) is 24.2 Å². The quantitative estimate of drug-likeness (QED) is 0.698. The Morgan fingerprint density at radius 2 is 1.81 bits per heavy atom. The molecule has 0 aliphatic carbocycles. The molecule has 3 rings (SSSR count). The Hall–Kier alpha value is -2.05. The summed E-state index contributed by atoms with van der Waals surface area (Å²) >= 11 is 7.53. The molecule has 4 nitrogen and oxygen atoms in total. The highest BCUT2D eigenvalue weighted by molar-refractivity contribution is 7.99. The first-order valence-corrected chi connectivity index (χ1v) is 10.2. The van der Waals surface area contributed by atoms with Crippen LogP contribution in [0.1, 0.15) is 29.6 Å². The molecule has 2 aromatic carbocycles. The molecule has 1 N–H and O–H groups in total. The second-order valence-corrected chi connectivity index (χ2v) is 7.89. The smallest absolute Gasteiger partial charge is 0.256 e.